The largest absolute Gasteiger partial charge is 0.102 e. The maximum absolute atomic E-state index is 5.44. The minimum atomic E-state index is 0.358. The molecule has 0 heterocycles. The van der Waals surface area contributed by atoms with E-state index in [2.05, 4.69) is 28.9 Å². The predicted molar refractivity (Wildman–Crippen MR) is 56.6 cm³/mol. The zero-order valence-corrected chi connectivity index (χ0v) is 9.51. The summed E-state index contributed by atoms with van der Waals surface area (Å²) in [7, 11) is 0. The van der Waals surface area contributed by atoms with Gasteiger partial charge >= 0.3 is 0 Å². The van der Waals surface area contributed by atoms with Gasteiger partial charge in [0.2, 0.25) is 0 Å². The van der Waals surface area contributed by atoms with Crippen LogP contribution < -0.4 is 0 Å². The summed E-state index contributed by atoms with van der Waals surface area (Å²) in [5.41, 5.74) is 1.35. The van der Waals surface area contributed by atoms with Gasteiger partial charge in [0.15, 0.2) is 0 Å². The van der Waals surface area contributed by atoms with E-state index in [1.165, 1.54) is 5.57 Å². The minimum absolute atomic E-state index is 0.358. The molecule has 0 spiro atoms. The Morgan fingerprint density at radius 3 is 2.45 bits per heavy atom. The summed E-state index contributed by atoms with van der Waals surface area (Å²) in [6, 6.07) is 0. The summed E-state index contributed by atoms with van der Waals surface area (Å²) in [6.45, 7) is 2.09. The Kier molecular flexibility index (Phi) is 7.56. The van der Waals surface area contributed by atoms with Crippen LogP contribution in [0.1, 0.15) is 19.8 Å². The first kappa shape index (κ1) is 11.5. The third kappa shape index (κ3) is 8.45. The van der Waals surface area contributed by atoms with Crippen LogP contribution in [0.5, 0.6) is 0 Å². The van der Waals surface area contributed by atoms with Crippen LogP contribution in [-0.2, 0) is 0 Å². The SMILES string of the molecule is CC(=CCBr)CCC=C(Cl)Cl. The van der Waals surface area contributed by atoms with Gasteiger partial charge in [0.25, 0.3) is 0 Å². The highest BCUT2D eigenvalue weighted by Gasteiger charge is 1.88. The molecule has 0 rings (SSSR count). The number of hydrogen-bond acceptors (Lipinski definition) is 0. The van der Waals surface area contributed by atoms with E-state index >= 15 is 0 Å². The summed E-state index contributed by atoms with van der Waals surface area (Å²) in [6.07, 6.45) is 5.89. The smallest absolute Gasteiger partial charge is 0.0883 e. The molecule has 0 aliphatic rings. The van der Waals surface area contributed by atoms with Crippen LogP contribution in [0.15, 0.2) is 22.2 Å². The van der Waals surface area contributed by atoms with Crippen molar-refractivity contribution >= 4 is 39.1 Å². The van der Waals surface area contributed by atoms with Gasteiger partial charge in [-0.15, -0.1) is 0 Å². The number of halogens is 3. The minimum Gasteiger partial charge on any atom is -0.0883 e. The molecular weight excluding hydrogens is 247 g/mol. The van der Waals surface area contributed by atoms with Crippen LogP contribution in [0, 0.1) is 0 Å². The summed E-state index contributed by atoms with van der Waals surface area (Å²) in [4.78, 5) is 0. The summed E-state index contributed by atoms with van der Waals surface area (Å²) in [5, 5.41) is 0.914. The van der Waals surface area contributed by atoms with Gasteiger partial charge in [0, 0.05) is 5.33 Å². The van der Waals surface area contributed by atoms with Crippen molar-refractivity contribution < 1.29 is 0 Å². The van der Waals surface area contributed by atoms with E-state index in [9.17, 15) is 0 Å². The molecule has 0 aromatic rings. The Hall–Kier alpha value is 0.540. The maximum atomic E-state index is 5.44. The molecule has 3 heteroatoms. The fourth-order valence-corrected chi connectivity index (χ4v) is 1.41. The second-order valence-corrected chi connectivity index (χ2v) is 3.89. The van der Waals surface area contributed by atoms with Gasteiger partial charge < -0.3 is 0 Å². The van der Waals surface area contributed by atoms with Gasteiger partial charge in [-0.05, 0) is 19.8 Å². The lowest BCUT2D eigenvalue weighted by Gasteiger charge is -1.95. The average molecular weight is 258 g/mol. The molecule has 0 fully saturated rings. The Morgan fingerprint density at radius 1 is 1.36 bits per heavy atom. The fourth-order valence-electron chi connectivity index (χ4n) is 0.643. The lowest BCUT2D eigenvalue weighted by molar-refractivity contribution is 0.975. The molecule has 0 nitrogen and oxygen atoms in total. The molecule has 0 atom stereocenters. The molecule has 64 valence electrons. The molecule has 11 heavy (non-hydrogen) atoms. The Bertz CT molecular complexity index is 157. The van der Waals surface area contributed by atoms with Crippen LogP contribution >= 0.6 is 39.1 Å². The lowest BCUT2D eigenvalue weighted by atomic mass is 10.1. The Balaban J connectivity index is 3.54. The highest BCUT2D eigenvalue weighted by atomic mass is 79.9. The van der Waals surface area contributed by atoms with Crippen molar-refractivity contribution in [1.29, 1.82) is 0 Å². The van der Waals surface area contributed by atoms with Crippen LogP contribution in [-0.4, -0.2) is 5.33 Å². The molecule has 0 unspecified atom stereocenters. The molecule has 0 amide bonds. The molecule has 0 N–H and O–H groups in total. The average Bonchev–Trinajstić information content (AvgIpc) is 1.87. The van der Waals surface area contributed by atoms with Crippen molar-refractivity contribution in [1.82, 2.24) is 0 Å². The van der Waals surface area contributed by atoms with Gasteiger partial charge in [-0.3, -0.25) is 0 Å². The lowest BCUT2D eigenvalue weighted by Crippen LogP contribution is -1.76. The molecule has 0 aliphatic carbocycles. The molecule has 0 aromatic heterocycles. The van der Waals surface area contributed by atoms with Crippen molar-refractivity contribution in [3.8, 4) is 0 Å². The highest BCUT2D eigenvalue weighted by Crippen LogP contribution is 2.11. The Morgan fingerprint density at radius 2 is 2.00 bits per heavy atom. The number of hydrogen-bond donors (Lipinski definition) is 0. The first-order valence-corrected chi connectivity index (χ1v) is 5.27. The van der Waals surface area contributed by atoms with Crippen LogP contribution in [0.3, 0.4) is 0 Å². The summed E-state index contributed by atoms with van der Waals surface area (Å²) >= 11 is 14.2. The third-order valence-corrected chi connectivity index (χ3v) is 1.90. The second kappa shape index (κ2) is 7.20. The van der Waals surface area contributed by atoms with E-state index in [0.717, 1.165) is 18.2 Å². The first-order chi connectivity index (χ1) is 5.16. The molecule has 0 saturated carbocycles. The summed E-state index contributed by atoms with van der Waals surface area (Å²) < 4.78 is 0.358. The van der Waals surface area contributed by atoms with Gasteiger partial charge in [0.05, 0.1) is 0 Å². The van der Waals surface area contributed by atoms with Crippen LogP contribution in [0.25, 0.3) is 0 Å². The highest BCUT2D eigenvalue weighted by molar-refractivity contribution is 9.09. The van der Waals surface area contributed by atoms with Gasteiger partial charge in [0.1, 0.15) is 4.49 Å². The van der Waals surface area contributed by atoms with Crippen molar-refractivity contribution in [3.63, 3.8) is 0 Å². The van der Waals surface area contributed by atoms with Crippen molar-refractivity contribution in [2.45, 2.75) is 19.8 Å². The molecule has 0 bridgehead atoms. The van der Waals surface area contributed by atoms with Gasteiger partial charge in [-0.25, -0.2) is 0 Å². The third-order valence-electron chi connectivity index (χ3n) is 1.26. The van der Waals surface area contributed by atoms with E-state index in [-0.39, 0.29) is 0 Å². The maximum Gasteiger partial charge on any atom is 0.102 e. The van der Waals surface area contributed by atoms with E-state index in [4.69, 9.17) is 23.2 Å². The quantitative estimate of drug-likeness (QED) is 0.517. The van der Waals surface area contributed by atoms with E-state index < -0.39 is 0 Å². The first-order valence-electron chi connectivity index (χ1n) is 3.39. The standard InChI is InChI=1S/C8H11BrCl2/c1-7(5-6-9)3-2-4-8(10)11/h4-5H,2-3,6H2,1H3. The van der Waals surface area contributed by atoms with Gasteiger partial charge in [-0.2, -0.15) is 0 Å². The predicted octanol–water partition coefficient (Wildman–Crippen LogP) is 4.43. The zero-order chi connectivity index (χ0) is 8.69. The van der Waals surface area contributed by atoms with Gasteiger partial charge in [-0.1, -0.05) is 56.9 Å². The monoisotopic (exact) mass is 256 g/mol. The molecule has 0 radical (unpaired) electrons. The molecule has 0 saturated heterocycles. The zero-order valence-electron chi connectivity index (χ0n) is 6.41. The summed E-state index contributed by atoms with van der Waals surface area (Å²) in [5.74, 6) is 0. The van der Waals surface area contributed by atoms with Crippen LogP contribution in [0.4, 0.5) is 0 Å². The van der Waals surface area contributed by atoms with Crippen molar-refractivity contribution in [2.24, 2.45) is 0 Å². The normalized spacial score (nSPS) is 11.5. The molecule has 0 aromatic carbocycles. The van der Waals surface area contributed by atoms with Crippen molar-refractivity contribution in [2.75, 3.05) is 5.33 Å². The Labute approximate surface area is 86.4 Å². The van der Waals surface area contributed by atoms with Crippen LogP contribution in [0.2, 0.25) is 0 Å². The molecule has 0 aliphatic heterocycles. The number of allylic oxidation sites excluding steroid dienone is 3. The number of alkyl halides is 1. The van der Waals surface area contributed by atoms with E-state index in [1.54, 1.807) is 0 Å². The number of rotatable bonds is 4. The topological polar surface area (TPSA) is 0 Å². The van der Waals surface area contributed by atoms with E-state index in [1.807, 2.05) is 6.08 Å². The molecular formula is C8H11BrCl2. The fraction of sp³-hybridized carbons (Fsp3) is 0.500. The van der Waals surface area contributed by atoms with E-state index in [0.29, 0.717) is 4.49 Å². The second-order valence-electron chi connectivity index (χ2n) is 2.24. The van der Waals surface area contributed by atoms with Crippen molar-refractivity contribution in [3.05, 3.63) is 22.2 Å².